The van der Waals surface area contributed by atoms with Crippen LogP contribution in [-0.4, -0.2) is 11.1 Å². The lowest BCUT2D eigenvalue weighted by Gasteiger charge is -2.09. The van der Waals surface area contributed by atoms with Crippen LogP contribution in [-0.2, 0) is 16.5 Å². The van der Waals surface area contributed by atoms with Crippen LogP contribution in [0, 0.1) is 6.92 Å². The molecule has 76 valence electrons. The SMILES string of the molecule is Cc1cc(Cl)cc(CBr)c1CC(=O)O. The number of aliphatic carboxylic acids is 1. The first-order valence-corrected chi connectivity index (χ1v) is 5.60. The summed E-state index contributed by atoms with van der Waals surface area (Å²) in [5, 5.41) is 10.00. The number of hydrogen-bond acceptors (Lipinski definition) is 1. The number of hydrogen-bond donors (Lipinski definition) is 1. The molecule has 1 N–H and O–H groups in total. The second-order valence-electron chi connectivity index (χ2n) is 3.06. The molecule has 0 amide bonds. The molecule has 0 aliphatic rings. The Morgan fingerprint density at radius 3 is 2.71 bits per heavy atom. The lowest BCUT2D eigenvalue weighted by molar-refractivity contribution is -0.136. The van der Waals surface area contributed by atoms with E-state index in [1.807, 2.05) is 6.92 Å². The first kappa shape index (κ1) is 11.5. The molecule has 0 atom stereocenters. The second-order valence-corrected chi connectivity index (χ2v) is 4.06. The number of halogens is 2. The van der Waals surface area contributed by atoms with E-state index in [-0.39, 0.29) is 6.42 Å². The third-order valence-electron chi connectivity index (χ3n) is 2.00. The molecule has 0 aromatic heterocycles. The summed E-state index contributed by atoms with van der Waals surface area (Å²) in [5.74, 6) is -0.822. The Morgan fingerprint density at radius 1 is 1.57 bits per heavy atom. The average Bonchev–Trinajstić information content (AvgIpc) is 2.08. The number of aryl methyl sites for hydroxylation is 1. The van der Waals surface area contributed by atoms with Gasteiger partial charge in [-0.25, -0.2) is 0 Å². The van der Waals surface area contributed by atoms with Gasteiger partial charge in [-0.1, -0.05) is 27.5 Å². The normalized spacial score (nSPS) is 10.2. The molecule has 0 spiro atoms. The van der Waals surface area contributed by atoms with Gasteiger partial charge < -0.3 is 5.11 Å². The molecule has 0 heterocycles. The van der Waals surface area contributed by atoms with E-state index in [0.29, 0.717) is 10.4 Å². The Morgan fingerprint density at radius 2 is 2.21 bits per heavy atom. The smallest absolute Gasteiger partial charge is 0.307 e. The zero-order chi connectivity index (χ0) is 10.7. The second kappa shape index (κ2) is 4.80. The number of alkyl halides is 1. The Hall–Kier alpha value is -0.540. The summed E-state index contributed by atoms with van der Waals surface area (Å²) in [7, 11) is 0. The van der Waals surface area contributed by atoms with Gasteiger partial charge in [0, 0.05) is 10.4 Å². The summed E-state index contributed by atoms with van der Waals surface area (Å²) in [6.07, 6.45) is 0.0456. The maximum atomic E-state index is 10.6. The van der Waals surface area contributed by atoms with Gasteiger partial charge in [0.1, 0.15) is 0 Å². The van der Waals surface area contributed by atoms with Crippen LogP contribution in [0.2, 0.25) is 5.02 Å². The number of carbonyl (C=O) groups is 1. The van der Waals surface area contributed by atoms with Gasteiger partial charge in [0.2, 0.25) is 0 Å². The number of rotatable bonds is 3. The molecule has 0 saturated heterocycles. The van der Waals surface area contributed by atoms with Crippen molar-refractivity contribution in [1.82, 2.24) is 0 Å². The van der Waals surface area contributed by atoms with E-state index in [9.17, 15) is 4.79 Å². The van der Waals surface area contributed by atoms with Gasteiger partial charge in [0.15, 0.2) is 0 Å². The van der Waals surface area contributed by atoms with E-state index >= 15 is 0 Å². The highest BCUT2D eigenvalue weighted by Crippen LogP contribution is 2.23. The predicted molar refractivity (Wildman–Crippen MR) is 60.2 cm³/mol. The van der Waals surface area contributed by atoms with Crippen molar-refractivity contribution >= 4 is 33.5 Å². The molecule has 14 heavy (non-hydrogen) atoms. The molecular weight excluding hydrogens is 267 g/mol. The van der Waals surface area contributed by atoms with Gasteiger partial charge in [-0.15, -0.1) is 0 Å². The third-order valence-corrected chi connectivity index (χ3v) is 2.82. The zero-order valence-corrected chi connectivity index (χ0v) is 10.0. The molecule has 0 saturated carbocycles. The minimum atomic E-state index is -0.822. The largest absolute Gasteiger partial charge is 0.481 e. The van der Waals surface area contributed by atoms with Gasteiger partial charge in [-0.05, 0) is 35.7 Å². The molecule has 0 radical (unpaired) electrons. The predicted octanol–water partition coefficient (Wildman–Crippen LogP) is 3.17. The Balaban J connectivity index is 3.18. The summed E-state index contributed by atoms with van der Waals surface area (Å²) in [4.78, 5) is 10.6. The molecule has 0 unspecified atom stereocenters. The lowest BCUT2D eigenvalue weighted by atomic mass is 10.0. The highest BCUT2D eigenvalue weighted by molar-refractivity contribution is 9.08. The van der Waals surface area contributed by atoms with Crippen molar-refractivity contribution in [1.29, 1.82) is 0 Å². The summed E-state index contributed by atoms with van der Waals surface area (Å²) in [6.45, 7) is 1.87. The topological polar surface area (TPSA) is 37.3 Å². The summed E-state index contributed by atoms with van der Waals surface area (Å²) >= 11 is 9.18. The van der Waals surface area contributed by atoms with Crippen molar-refractivity contribution in [2.45, 2.75) is 18.7 Å². The van der Waals surface area contributed by atoms with Crippen LogP contribution < -0.4 is 0 Å². The standard InChI is InChI=1S/C10H10BrClO2/c1-6-2-8(12)3-7(5-11)9(6)4-10(13)14/h2-3H,4-5H2,1H3,(H,13,14). The molecule has 1 aromatic rings. The van der Waals surface area contributed by atoms with Crippen LogP contribution >= 0.6 is 27.5 Å². The van der Waals surface area contributed by atoms with Gasteiger partial charge in [-0.2, -0.15) is 0 Å². The van der Waals surface area contributed by atoms with Gasteiger partial charge in [0.05, 0.1) is 6.42 Å². The molecule has 4 heteroatoms. The van der Waals surface area contributed by atoms with Crippen molar-refractivity contribution in [3.8, 4) is 0 Å². The Labute approximate surface area is 96.0 Å². The van der Waals surface area contributed by atoms with E-state index in [1.165, 1.54) is 0 Å². The van der Waals surface area contributed by atoms with Crippen LogP contribution in [0.3, 0.4) is 0 Å². The van der Waals surface area contributed by atoms with Crippen LogP contribution in [0.5, 0.6) is 0 Å². The molecule has 1 rings (SSSR count). The molecule has 0 aliphatic carbocycles. The third kappa shape index (κ3) is 2.72. The summed E-state index contributed by atoms with van der Waals surface area (Å²) < 4.78 is 0. The summed E-state index contributed by atoms with van der Waals surface area (Å²) in [5.41, 5.74) is 2.71. The minimum Gasteiger partial charge on any atom is -0.481 e. The molecule has 0 fully saturated rings. The highest BCUT2D eigenvalue weighted by atomic mass is 79.9. The van der Waals surface area contributed by atoms with Crippen LogP contribution in [0.15, 0.2) is 12.1 Å². The van der Waals surface area contributed by atoms with Crippen LogP contribution in [0.25, 0.3) is 0 Å². The van der Waals surface area contributed by atoms with Gasteiger partial charge in [-0.3, -0.25) is 4.79 Å². The van der Waals surface area contributed by atoms with E-state index in [2.05, 4.69) is 15.9 Å². The maximum absolute atomic E-state index is 10.6. The fourth-order valence-electron chi connectivity index (χ4n) is 1.37. The van der Waals surface area contributed by atoms with E-state index in [1.54, 1.807) is 12.1 Å². The minimum absolute atomic E-state index is 0.0456. The molecular formula is C10H10BrClO2. The molecule has 0 bridgehead atoms. The van der Waals surface area contributed by atoms with E-state index in [0.717, 1.165) is 16.7 Å². The number of carboxylic acids is 1. The quantitative estimate of drug-likeness (QED) is 0.862. The van der Waals surface area contributed by atoms with Crippen LogP contribution in [0.1, 0.15) is 16.7 Å². The lowest BCUT2D eigenvalue weighted by Crippen LogP contribution is -2.05. The van der Waals surface area contributed by atoms with Crippen molar-refractivity contribution in [2.24, 2.45) is 0 Å². The maximum Gasteiger partial charge on any atom is 0.307 e. The fourth-order valence-corrected chi connectivity index (χ4v) is 2.16. The van der Waals surface area contributed by atoms with Gasteiger partial charge in [0.25, 0.3) is 0 Å². The van der Waals surface area contributed by atoms with Gasteiger partial charge >= 0.3 is 5.97 Å². The zero-order valence-electron chi connectivity index (χ0n) is 7.68. The highest BCUT2D eigenvalue weighted by Gasteiger charge is 2.10. The molecule has 0 aliphatic heterocycles. The van der Waals surface area contributed by atoms with Crippen molar-refractivity contribution < 1.29 is 9.90 Å². The number of carboxylic acid groups (broad SMARTS) is 1. The first-order chi connectivity index (χ1) is 6.54. The Kier molecular flexibility index (Phi) is 3.96. The Bertz CT molecular complexity index is 363. The van der Waals surface area contributed by atoms with E-state index in [4.69, 9.17) is 16.7 Å². The van der Waals surface area contributed by atoms with Crippen LogP contribution in [0.4, 0.5) is 0 Å². The molecule has 2 nitrogen and oxygen atoms in total. The number of benzene rings is 1. The van der Waals surface area contributed by atoms with Crippen molar-refractivity contribution in [3.05, 3.63) is 33.8 Å². The fraction of sp³-hybridized carbons (Fsp3) is 0.300. The first-order valence-electron chi connectivity index (χ1n) is 4.10. The summed E-state index contributed by atoms with van der Waals surface area (Å²) in [6, 6.07) is 3.58. The average molecular weight is 278 g/mol. The van der Waals surface area contributed by atoms with Crippen molar-refractivity contribution in [2.75, 3.05) is 0 Å². The van der Waals surface area contributed by atoms with Crippen molar-refractivity contribution in [3.63, 3.8) is 0 Å². The van der Waals surface area contributed by atoms with E-state index < -0.39 is 5.97 Å². The molecule has 1 aromatic carbocycles. The monoisotopic (exact) mass is 276 g/mol.